The molecule has 1 aromatic carbocycles. The van der Waals surface area contributed by atoms with Gasteiger partial charge in [0.1, 0.15) is 5.82 Å². The maximum absolute atomic E-state index is 14.0. The molecule has 0 amide bonds. The van der Waals surface area contributed by atoms with Gasteiger partial charge in [0, 0.05) is 35.1 Å². The lowest BCUT2D eigenvalue weighted by Gasteiger charge is -2.05. The van der Waals surface area contributed by atoms with Crippen molar-refractivity contribution >= 4 is 10.9 Å². The van der Waals surface area contributed by atoms with Gasteiger partial charge in [-0.2, -0.15) is 9.78 Å². The van der Waals surface area contributed by atoms with Crippen molar-refractivity contribution in [1.82, 2.24) is 24.7 Å². The highest BCUT2D eigenvalue weighted by Crippen LogP contribution is 2.25. The zero-order chi connectivity index (χ0) is 18.1. The van der Waals surface area contributed by atoms with Gasteiger partial charge in [-0.3, -0.25) is 4.98 Å². The van der Waals surface area contributed by atoms with Crippen LogP contribution < -0.4 is 0 Å². The molecule has 5 nitrogen and oxygen atoms in total. The summed E-state index contributed by atoms with van der Waals surface area (Å²) in [5.41, 5.74) is 4.05. The smallest absolute Gasteiger partial charge is 0.251 e. The monoisotopic (exact) mass is 347 g/mol. The van der Waals surface area contributed by atoms with Gasteiger partial charge in [0.05, 0.1) is 16.9 Å². The minimum Gasteiger partial charge on any atom is -0.260 e. The summed E-state index contributed by atoms with van der Waals surface area (Å²) in [6.07, 6.45) is 6.68. The second-order valence-electron chi connectivity index (χ2n) is 5.97. The van der Waals surface area contributed by atoms with E-state index in [0.29, 0.717) is 17.1 Å². The molecule has 0 unspecified atom stereocenters. The summed E-state index contributed by atoms with van der Waals surface area (Å²) >= 11 is 0. The minimum atomic E-state index is -0.291. The lowest BCUT2D eigenvalue weighted by Crippen LogP contribution is -2.03. The van der Waals surface area contributed by atoms with E-state index in [0.717, 1.165) is 35.1 Å². The third-order valence-corrected chi connectivity index (χ3v) is 4.43. The first-order valence-corrected chi connectivity index (χ1v) is 8.65. The number of hydrogen-bond donors (Lipinski definition) is 0. The molecule has 0 aliphatic heterocycles. The maximum atomic E-state index is 14.0. The third kappa shape index (κ3) is 2.63. The molecule has 0 spiro atoms. The Morgan fingerprint density at radius 2 is 1.65 bits per heavy atom. The van der Waals surface area contributed by atoms with Gasteiger partial charge in [0.15, 0.2) is 0 Å². The van der Waals surface area contributed by atoms with Gasteiger partial charge in [0.2, 0.25) is 0 Å². The predicted octanol–water partition coefficient (Wildman–Crippen LogP) is 4.14. The molecule has 4 rings (SSSR count). The van der Waals surface area contributed by atoms with Crippen molar-refractivity contribution < 1.29 is 4.39 Å². The quantitative estimate of drug-likeness (QED) is 0.557. The predicted molar refractivity (Wildman–Crippen MR) is 98.6 cm³/mol. The first-order valence-electron chi connectivity index (χ1n) is 8.65. The highest BCUT2D eigenvalue weighted by molar-refractivity contribution is 5.85. The van der Waals surface area contributed by atoms with Crippen LogP contribution in [0.1, 0.15) is 25.2 Å². The summed E-state index contributed by atoms with van der Waals surface area (Å²) in [5, 5.41) is 5.75. The Morgan fingerprint density at radius 3 is 2.35 bits per heavy atom. The molecule has 0 saturated carbocycles. The third-order valence-electron chi connectivity index (χ3n) is 4.43. The SMILES string of the molecule is CCc1nccc2c1c(CC)nn2-c1ncc(-c2ccccc2F)cn1. The van der Waals surface area contributed by atoms with E-state index in [1.807, 2.05) is 6.07 Å². The zero-order valence-electron chi connectivity index (χ0n) is 14.6. The molecular formula is C20H18FN5. The lowest BCUT2D eigenvalue weighted by atomic mass is 10.1. The van der Waals surface area contributed by atoms with Gasteiger partial charge in [-0.05, 0) is 25.0 Å². The maximum Gasteiger partial charge on any atom is 0.251 e. The molecule has 0 N–H and O–H groups in total. The molecule has 3 heterocycles. The van der Waals surface area contributed by atoms with Crippen molar-refractivity contribution in [3.63, 3.8) is 0 Å². The fraction of sp³-hybridized carbons (Fsp3) is 0.200. The Balaban J connectivity index is 1.83. The van der Waals surface area contributed by atoms with Crippen LogP contribution in [0.25, 0.3) is 28.0 Å². The summed E-state index contributed by atoms with van der Waals surface area (Å²) in [6.45, 7) is 4.15. The van der Waals surface area contributed by atoms with Crippen molar-refractivity contribution in [2.75, 3.05) is 0 Å². The Hall–Kier alpha value is -3.15. The molecular weight excluding hydrogens is 329 g/mol. The largest absolute Gasteiger partial charge is 0.260 e. The summed E-state index contributed by atoms with van der Waals surface area (Å²) < 4.78 is 15.7. The van der Waals surface area contributed by atoms with Crippen molar-refractivity contribution in [3.8, 4) is 17.1 Å². The summed E-state index contributed by atoms with van der Waals surface area (Å²) in [5.74, 6) is 0.170. The molecule has 130 valence electrons. The number of benzene rings is 1. The Labute approximate surface area is 150 Å². The molecule has 0 bridgehead atoms. The number of hydrogen-bond acceptors (Lipinski definition) is 4. The molecule has 26 heavy (non-hydrogen) atoms. The van der Waals surface area contributed by atoms with E-state index in [1.165, 1.54) is 6.07 Å². The van der Waals surface area contributed by atoms with Crippen LogP contribution in [-0.4, -0.2) is 24.7 Å². The van der Waals surface area contributed by atoms with E-state index in [1.54, 1.807) is 41.5 Å². The number of aryl methyl sites for hydroxylation is 2. The topological polar surface area (TPSA) is 56.5 Å². The molecule has 3 aromatic heterocycles. The van der Waals surface area contributed by atoms with Gasteiger partial charge in [-0.1, -0.05) is 32.0 Å². The van der Waals surface area contributed by atoms with Crippen LogP contribution in [0.5, 0.6) is 0 Å². The molecule has 0 saturated heterocycles. The average Bonchev–Trinajstić information content (AvgIpc) is 3.07. The van der Waals surface area contributed by atoms with Crippen LogP contribution in [-0.2, 0) is 12.8 Å². The number of nitrogens with zero attached hydrogens (tertiary/aromatic N) is 5. The van der Waals surface area contributed by atoms with E-state index in [4.69, 9.17) is 0 Å². The normalized spacial score (nSPS) is 11.2. The van der Waals surface area contributed by atoms with E-state index in [-0.39, 0.29) is 5.82 Å². The van der Waals surface area contributed by atoms with Crippen LogP contribution in [0.3, 0.4) is 0 Å². The standard InChI is InChI=1S/C20H18FN5/c1-3-16-19-17(4-2)25-26(18(19)9-10-22-16)20-23-11-13(12-24-20)14-7-5-6-8-15(14)21/h5-12H,3-4H2,1-2H3. The average molecular weight is 347 g/mol. The lowest BCUT2D eigenvalue weighted by molar-refractivity contribution is 0.631. The zero-order valence-corrected chi connectivity index (χ0v) is 14.6. The summed E-state index contributed by atoms with van der Waals surface area (Å²) in [7, 11) is 0. The second kappa shape index (κ2) is 6.63. The number of pyridine rings is 1. The number of fused-ring (bicyclic) bond motifs is 1. The Bertz CT molecular complexity index is 1070. The number of halogens is 1. The Kier molecular flexibility index (Phi) is 4.16. The van der Waals surface area contributed by atoms with Crippen molar-refractivity contribution in [2.24, 2.45) is 0 Å². The highest BCUT2D eigenvalue weighted by Gasteiger charge is 2.16. The first-order chi connectivity index (χ1) is 12.7. The van der Waals surface area contributed by atoms with Gasteiger partial charge < -0.3 is 0 Å². The van der Waals surface area contributed by atoms with Gasteiger partial charge in [-0.25, -0.2) is 14.4 Å². The molecule has 6 heteroatoms. The molecule has 0 aliphatic carbocycles. The van der Waals surface area contributed by atoms with Crippen LogP contribution in [0, 0.1) is 5.82 Å². The molecule has 0 aliphatic rings. The molecule has 0 atom stereocenters. The Morgan fingerprint density at radius 1 is 0.923 bits per heavy atom. The summed E-state index contributed by atoms with van der Waals surface area (Å²) in [6, 6.07) is 8.52. The molecule has 0 radical (unpaired) electrons. The van der Waals surface area contributed by atoms with Gasteiger partial charge >= 0.3 is 0 Å². The minimum absolute atomic E-state index is 0.291. The van der Waals surface area contributed by atoms with Crippen LogP contribution in [0.4, 0.5) is 4.39 Å². The van der Waals surface area contributed by atoms with Crippen LogP contribution in [0.2, 0.25) is 0 Å². The van der Waals surface area contributed by atoms with E-state index in [2.05, 4.69) is 33.9 Å². The van der Waals surface area contributed by atoms with Crippen molar-refractivity contribution in [3.05, 3.63) is 66.1 Å². The second-order valence-corrected chi connectivity index (χ2v) is 5.97. The number of rotatable bonds is 4. The van der Waals surface area contributed by atoms with Crippen molar-refractivity contribution in [2.45, 2.75) is 26.7 Å². The van der Waals surface area contributed by atoms with E-state index >= 15 is 0 Å². The van der Waals surface area contributed by atoms with Gasteiger partial charge in [-0.15, -0.1) is 0 Å². The van der Waals surface area contributed by atoms with E-state index < -0.39 is 0 Å². The molecule has 0 fully saturated rings. The first kappa shape index (κ1) is 16.3. The highest BCUT2D eigenvalue weighted by atomic mass is 19.1. The molecule has 4 aromatic rings. The fourth-order valence-electron chi connectivity index (χ4n) is 3.14. The van der Waals surface area contributed by atoms with Crippen LogP contribution in [0.15, 0.2) is 48.9 Å². The summed E-state index contributed by atoms with van der Waals surface area (Å²) in [4.78, 5) is 13.3. The van der Waals surface area contributed by atoms with Crippen LogP contribution >= 0.6 is 0 Å². The van der Waals surface area contributed by atoms with Crippen molar-refractivity contribution in [1.29, 1.82) is 0 Å². The fourth-order valence-corrected chi connectivity index (χ4v) is 3.14. The van der Waals surface area contributed by atoms with E-state index in [9.17, 15) is 4.39 Å². The number of aromatic nitrogens is 5. The van der Waals surface area contributed by atoms with Gasteiger partial charge in [0.25, 0.3) is 5.95 Å².